The molecule has 9 nitrogen and oxygen atoms in total. The first-order valence-electron chi connectivity index (χ1n) is 9.91. The van der Waals surface area contributed by atoms with Gasteiger partial charge in [0.1, 0.15) is 0 Å². The monoisotopic (exact) mass is 555 g/mol. The SMILES string of the molecule is CCCOc1ccc(C(=O)N/N=C/c2cc(I)c(OCC(N)=O)c(OCC)c2)cc1OC. The van der Waals surface area contributed by atoms with Crippen LogP contribution in [-0.2, 0) is 4.79 Å². The first-order valence-corrected chi connectivity index (χ1v) is 11.0. The zero-order chi connectivity index (χ0) is 23.5. The maximum absolute atomic E-state index is 12.5. The van der Waals surface area contributed by atoms with E-state index in [0.29, 0.717) is 50.9 Å². The van der Waals surface area contributed by atoms with Crippen molar-refractivity contribution in [1.29, 1.82) is 0 Å². The fourth-order valence-electron chi connectivity index (χ4n) is 2.58. The van der Waals surface area contributed by atoms with E-state index in [-0.39, 0.29) is 6.61 Å². The van der Waals surface area contributed by atoms with Crippen molar-refractivity contribution in [2.24, 2.45) is 10.8 Å². The zero-order valence-electron chi connectivity index (χ0n) is 18.1. The number of nitrogens with one attached hydrogen (secondary N) is 1. The van der Waals surface area contributed by atoms with Crippen LogP contribution < -0.4 is 30.1 Å². The molecule has 32 heavy (non-hydrogen) atoms. The number of halogens is 1. The van der Waals surface area contributed by atoms with Crippen molar-refractivity contribution in [1.82, 2.24) is 5.43 Å². The topological polar surface area (TPSA) is 121 Å². The predicted octanol–water partition coefficient (Wildman–Crippen LogP) is 3.12. The van der Waals surface area contributed by atoms with E-state index in [4.69, 9.17) is 24.7 Å². The van der Waals surface area contributed by atoms with Gasteiger partial charge in [-0.3, -0.25) is 9.59 Å². The van der Waals surface area contributed by atoms with Gasteiger partial charge in [-0.1, -0.05) is 6.92 Å². The number of hydrogen-bond donors (Lipinski definition) is 2. The predicted molar refractivity (Wildman–Crippen MR) is 129 cm³/mol. The van der Waals surface area contributed by atoms with E-state index in [0.717, 1.165) is 6.42 Å². The van der Waals surface area contributed by atoms with Crippen LogP contribution in [0.2, 0.25) is 0 Å². The Labute approximate surface area is 200 Å². The summed E-state index contributed by atoms with van der Waals surface area (Å²) < 4.78 is 22.7. The molecule has 0 bridgehead atoms. The summed E-state index contributed by atoms with van der Waals surface area (Å²) in [6, 6.07) is 8.39. The molecule has 0 saturated carbocycles. The molecule has 0 saturated heterocycles. The van der Waals surface area contributed by atoms with E-state index in [9.17, 15) is 9.59 Å². The van der Waals surface area contributed by atoms with Crippen LogP contribution in [0, 0.1) is 3.57 Å². The smallest absolute Gasteiger partial charge is 0.271 e. The summed E-state index contributed by atoms with van der Waals surface area (Å²) in [5.74, 6) is 0.926. The first-order chi connectivity index (χ1) is 15.4. The number of amides is 2. The third-order valence-electron chi connectivity index (χ3n) is 3.96. The average molecular weight is 555 g/mol. The van der Waals surface area contributed by atoms with Gasteiger partial charge in [-0.15, -0.1) is 0 Å². The summed E-state index contributed by atoms with van der Waals surface area (Å²) in [5, 5.41) is 4.02. The zero-order valence-corrected chi connectivity index (χ0v) is 20.3. The number of carbonyl (C=O) groups excluding carboxylic acids is 2. The van der Waals surface area contributed by atoms with Gasteiger partial charge in [0.25, 0.3) is 11.8 Å². The van der Waals surface area contributed by atoms with Gasteiger partial charge in [-0.25, -0.2) is 5.43 Å². The molecule has 3 N–H and O–H groups in total. The summed E-state index contributed by atoms with van der Waals surface area (Å²) in [5.41, 5.74) is 8.69. The third kappa shape index (κ3) is 7.29. The van der Waals surface area contributed by atoms with Crippen LogP contribution in [0.25, 0.3) is 0 Å². The Bertz CT molecular complexity index is 980. The normalized spacial score (nSPS) is 10.6. The number of hydrazone groups is 1. The highest BCUT2D eigenvalue weighted by Crippen LogP contribution is 2.34. The highest BCUT2D eigenvalue weighted by atomic mass is 127. The Kier molecular flexibility index (Phi) is 10.1. The van der Waals surface area contributed by atoms with Crippen LogP contribution in [0.3, 0.4) is 0 Å². The van der Waals surface area contributed by atoms with Crippen LogP contribution in [0.1, 0.15) is 36.2 Å². The molecule has 0 unspecified atom stereocenters. The molecule has 0 aliphatic carbocycles. The Morgan fingerprint density at radius 1 is 1.09 bits per heavy atom. The standard InChI is InChI=1S/C22H26IN3O6/c1-4-8-31-17-7-6-15(11-18(17)29-3)22(28)26-25-12-14-9-16(23)21(32-13-20(24)27)19(10-14)30-5-2/h6-7,9-12H,4-5,8,13H2,1-3H3,(H2,24,27)(H,26,28)/b25-12+. The summed E-state index contributed by atoms with van der Waals surface area (Å²) in [7, 11) is 1.52. The lowest BCUT2D eigenvalue weighted by Crippen LogP contribution is -2.20. The number of hydrogen-bond acceptors (Lipinski definition) is 7. The van der Waals surface area contributed by atoms with Crippen molar-refractivity contribution in [2.45, 2.75) is 20.3 Å². The van der Waals surface area contributed by atoms with E-state index < -0.39 is 11.8 Å². The quantitative estimate of drug-likeness (QED) is 0.236. The van der Waals surface area contributed by atoms with Crippen molar-refractivity contribution in [3.8, 4) is 23.0 Å². The minimum atomic E-state index is -0.585. The van der Waals surface area contributed by atoms with Gasteiger partial charge in [-0.2, -0.15) is 5.10 Å². The molecule has 0 aromatic heterocycles. The van der Waals surface area contributed by atoms with Crippen molar-refractivity contribution < 1.29 is 28.5 Å². The van der Waals surface area contributed by atoms with Crippen molar-refractivity contribution in [2.75, 3.05) is 26.9 Å². The van der Waals surface area contributed by atoms with Gasteiger partial charge in [0, 0.05) is 5.56 Å². The highest BCUT2D eigenvalue weighted by molar-refractivity contribution is 14.1. The number of benzene rings is 2. The van der Waals surface area contributed by atoms with Crippen LogP contribution >= 0.6 is 22.6 Å². The largest absolute Gasteiger partial charge is 0.493 e. The molecule has 2 aromatic rings. The molecule has 0 heterocycles. The number of rotatable bonds is 12. The highest BCUT2D eigenvalue weighted by Gasteiger charge is 2.14. The molecular weight excluding hydrogens is 529 g/mol. The van der Waals surface area contributed by atoms with E-state index in [1.807, 2.05) is 13.8 Å². The number of carbonyl (C=O) groups is 2. The summed E-state index contributed by atoms with van der Waals surface area (Å²) in [6.07, 6.45) is 2.35. The number of nitrogens with two attached hydrogens (primary N) is 1. The van der Waals surface area contributed by atoms with Gasteiger partial charge in [0.2, 0.25) is 0 Å². The van der Waals surface area contributed by atoms with Crippen LogP contribution in [-0.4, -0.2) is 45.0 Å². The van der Waals surface area contributed by atoms with Crippen LogP contribution in [0.5, 0.6) is 23.0 Å². The summed E-state index contributed by atoms with van der Waals surface area (Å²) in [4.78, 5) is 23.5. The lowest BCUT2D eigenvalue weighted by Gasteiger charge is -2.13. The maximum Gasteiger partial charge on any atom is 0.271 e. The average Bonchev–Trinajstić information content (AvgIpc) is 2.77. The molecule has 0 aliphatic rings. The van der Waals surface area contributed by atoms with Gasteiger partial charge >= 0.3 is 0 Å². The Balaban J connectivity index is 2.12. The minimum absolute atomic E-state index is 0.259. The number of ether oxygens (including phenoxy) is 4. The molecule has 10 heteroatoms. The summed E-state index contributed by atoms with van der Waals surface area (Å²) >= 11 is 2.06. The summed E-state index contributed by atoms with van der Waals surface area (Å²) in [6.45, 7) is 4.54. The molecule has 172 valence electrons. The van der Waals surface area contributed by atoms with Crippen LogP contribution in [0.15, 0.2) is 35.4 Å². The van der Waals surface area contributed by atoms with Gasteiger partial charge in [0.05, 0.1) is 30.1 Å². The second kappa shape index (κ2) is 12.7. The maximum atomic E-state index is 12.5. The fraction of sp³-hybridized carbons (Fsp3) is 0.318. The number of nitrogens with zero attached hydrogens (tertiary/aromatic N) is 1. The Hall–Kier alpha value is -3.02. The lowest BCUT2D eigenvalue weighted by atomic mass is 10.2. The Morgan fingerprint density at radius 2 is 1.88 bits per heavy atom. The van der Waals surface area contributed by atoms with Crippen molar-refractivity contribution in [3.05, 3.63) is 45.0 Å². The molecule has 0 radical (unpaired) electrons. The fourth-order valence-corrected chi connectivity index (χ4v) is 3.36. The molecule has 0 spiro atoms. The lowest BCUT2D eigenvalue weighted by molar-refractivity contribution is -0.120. The van der Waals surface area contributed by atoms with E-state index >= 15 is 0 Å². The number of methoxy groups -OCH3 is 1. The molecule has 2 aromatic carbocycles. The molecule has 2 rings (SSSR count). The molecule has 0 fully saturated rings. The van der Waals surface area contributed by atoms with Crippen molar-refractivity contribution >= 4 is 40.6 Å². The molecule has 0 aliphatic heterocycles. The first kappa shape index (κ1) is 25.2. The van der Waals surface area contributed by atoms with Crippen LogP contribution in [0.4, 0.5) is 0 Å². The second-order valence-electron chi connectivity index (χ2n) is 6.43. The Morgan fingerprint density at radius 3 is 2.53 bits per heavy atom. The number of primary amides is 1. The molecular formula is C22H26IN3O6. The van der Waals surface area contributed by atoms with Crippen molar-refractivity contribution in [3.63, 3.8) is 0 Å². The van der Waals surface area contributed by atoms with Gasteiger partial charge < -0.3 is 24.7 Å². The molecule has 2 amide bonds. The third-order valence-corrected chi connectivity index (χ3v) is 4.76. The van der Waals surface area contributed by atoms with E-state index in [1.54, 1.807) is 30.3 Å². The minimum Gasteiger partial charge on any atom is -0.493 e. The van der Waals surface area contributed by atoms with Gasteiger partial charge in [0.15, 0.2) is 29.6 Å². The van der Waals surface area contributed by atoms with Gasteiger partial charge in [-0.05, 0) is 71.8 Å². The second-order valence-corrected chi connectivity index (χ2v) is 7.59. The molecule has 0 atom stereocenters. The van der Waals surface area contributed by atoms with E-state index in [2.05, 4.69) is 33.1 Å². The van der Waals surface area contributed by atoms with E-state index in [1.165, 1.54) is 13.3 Å².